The second-order valence-electron chi connectivity index (χ2n) is 9.06. The maximum absolute atomic E-state index is 13.6. The summed E-state index contributed by atoms with van der Waals surface area (Å²) in [5.74, 6) is -2.04. The Balaban J connectivity index is 2.07. The molecule has 0 aromatic carbocycles. The summed E-state index contributed by atoms with van der Waals surface area (Å²) >= 11 is 0. The normalized spacial score (nSPS) is 36.4. The minimum atomic E-state index is -1.02. The molecule has 3 aliphatic heterocycles. The van der Waals surface area contributed by atoms with Gasteiger partial charge in [-0.05, 0) is 46.5 Å². The summed E-state index contributed by atoms with van der Waals surface area (Å²) in [5, 5.41) is 15.6. The van der Waals surface area contributed by atoms with E-state index in [2.05, 4.69) is 10.6 Å². The third-order valence-corrected chi connectivity index (χ3v) is 6.87. The zero-order chi connectivity index (χ0) is 21.6. The molecule has 29 heavy (non-hydrogen) atoms. The highest BCUT2D eigenvalue weighted by atomic mass is 16.5. The lowest BCUT2D eigenvalue weighted by Gasteiger charge is -2.36. The third-order valence-electron chi connectivity index (χ3n) is 6.87. The smallest absolute Gasteiger partial charge is 0.246 e. The van der Waals surface area contributed by atoms with Gasteiger partial charge in [-0.3, -0.25) is 14.4 Å². The van der Waals surface area contributed by atoms with Gasteiger partial charge in [0.25, 0.3) is 0 Å². The molecule has 0 aromatic heterocycles. The molecule has 3 saturated heterocycles. The molecule has 8 nitrogen and oxygen atoms in total. The van der Waals surface area contributed by atoms with Crippen molar-refractivity contribution in [3.63, 3.8) is 0 Å². The third kappa shape index (κ3) is 3.15. The number of nitrogens with one attached hydrogen (secondary N) is 2. The topological polar surface area (TPSA) is 108 Å². The lowest BCUT2D eigenvalue weighted by molar-refractivity contribution is -0.150. The molecule has 3 fully saturated rings. The zero-order valence-electron chi connectivity index (χ0n) is 18.2. The molecule has 1 spiro atoms. The average molecular weight is 410 g/mol. The van der Waals surface area contributed by atoms with Crippen LogP contribution in [0.25, 0.3) is 0 Å². The Bertz CT molecular complexity index is 683. The van der Waals surface area contributed by atoms with Gasteiger partial charge in [-0.1, -0.05) is 13.8 Å². The number of nitrogens with zero attached hydrogens (tertiary/aromatic N) is 1. The quantitative estimate of drug-likeness (QED) is 0.543. The van der Waals surface area contributed by atoms with Gasteiger partial charge in [0, 0.05) is 12.6 Å². The molecule has 8 heteroatoms. The number of carbonyl (C=O) groups excluding carboxylic acids is 3. The van der Waals surface area contributed by atoms with Crippen molar-refractivity contribution in [2.24, 2.45) is 11.8 Å². The van der Waals surface area contributed by atoms with E-state index < -0.39 is 35.1 Å². The van der Waals surface area contributed by atoms with E-state index in [9.17, 15) is 19.5 Å². The maximum Gasteiger partial charge on any atom is 0.246 e. The summed E-state index contributed by atoms with van der Waals surface area (Å²) in [5.41, 5.74) is -1.74. The van der Waals surface area contributed by atoms with Crippen molar-refractivity contribution in [3.05, 3.63) is 0 Å². The highest BCUT2D eigenvalue weighted by molar-refractivity contribution is 5.99. The molecular weight excluding hydrogens is 374 g/mol. The number of hydrogen-bond donors (Lipinski definition) is 3. The Hall–Kier alpha value is -1.67. The van der Waals surface area contributed by atoms with Gasteiger partial charge in [-0.15, -0.1) is 0 Å². The highest BCUT2D eigenvalue weighted by Gasteiger charge is 2.78. The van der Waals surface area contributed by atoms with Gasteiger partial charge in [-0.25, -0.2) is 0 Å². The standard InChI is InChI=1S/C21H35N3O5/c1-6-10-22-17(26)14-15-19(28)24(13(5)11-25)16(18(27)23-12(3)4)21(15)9-8-20(14,7-2)29-21/h12-16,25H,6-11H2,1-5H3,(H,22,26)(H,23,27)/t13-,14+,15+,16?,20-,21?/m1/s1. The van der Waals surface area contributed by atoms with Gasteiger partial charge in [0.2, 0.25) is 17.7 Å². The largest absolute Gasteiger partial charge is 0.394 e. The molecule has 3 rings (SSSR count). The number of aliphatic hydroxyl groups excluding tert-OH is 1. The number of amides is 3. The Morgan fingerprint density at radius 3 is 2.48 bits per heavy atom. The Labute approximate surface area is 172 Å². The first-order valence-electron chi connectivity index (χ1n) is 10.9. The van der Waals surface area contributed by atoms with Crippen LogP contribution in [0.2, 0.25) is 0 Å². The molecule has 3 amide bonds. The minimum Gasteiger partial charge on any atom is -0.394 e. The van der Waals surface area contributed by atoms with Gasteiger partial charge in [-0.2, -0.15) is 0 Å². The summed E-state index contributed by atoms with van der Waals surface area (Å²) < 4.78 is 6.58. The van der Waals surface area contributed by atoms with Crippen LogP contribution in [0.5, 0.6) is 0 Å². The van der Waals surface area contributed by atoms with Crippen molar-refractivity contribution in [2.75, 3.05) is 13.2 Å². The van der Waals surface area contributed by atoms with Crippen LogP contribution in [0.4, 0.5) is 0 Å². The van der Waals surface area contributed by atoms with E-state index in [1.807, 2.05) is 27.7 Å². The molecule has 0 radical (unpaired) electrons. The van der Waals surface area contributed by atoms with E-state index in [0.29, 0.717) is 25.8 Å². The summed E-state index contributed by atoms with van der Waals surface area (Å²) in [4.78, 5) is 41.4. The Morgan fingerprint density at radius 1 is 1.24 bits per heavy atom. The molecule has 0 aromatic rings. The summed E-state index contributed by atoms with van der Waals surface area (Å²) in [6, 6.07) is -1.48. The summed E-state index contributed by atoms with van der Waals surface area (Å²) in [6.07, 6.45) is 2.61. The minimum absolute atomic E-state index is 0.0956. The number of likely N-dealkylation sites (tertiary alicyclic amines) is 1. The second kappa shape index (κ2) is 7.87. The van der Waals surface area contributed by atoms with Crippen LogP contribution in [-0.2, 0) is 19.1 Å². The fraction of sp³-hybridized carbons (Fsp3) is 0.857. The van der Waals surface area contributed by atoms with Crippen molar-refractivity contribution in [2.45, 2.75) is 89.6 Å². The molecule has 3 aliphatic rings. The molecule has 2 bridgehead atoms. The fourth-order valence-corrected chi connectivity index (χ4v) is 5.64. The van der Waals surface area contributed by atoms with Crippen LogP contribution in [0.1, 0.15) is 60.3 Å². The second-order valence-corrected chi connectivity index (χ2v) is 9.06. The predicted octanol–water partition coefficient (Wildman–Crippen LogP) is 0.573. The fourth-order valence-electron chi connectivity index (χ4n) is 5.64. The molecule has 6 atom stereocenters. The highest BCUT2D eigenvalue weighted by Crippen LogP contribution is 2.64. The summed E-state index contributed by atoms with van der Waals surface area (Å²) in [6.45, 7) is 9.69. The van der Waals surface area contributed by atoms with Crippen molar-refractivity contribution in [1.29, 1.82) is 0 Å². The van der Waals surface area contributed by atoms with E-state index in [1.165, 1.54) is 4.90 Å². The monoisotopic (exact) mass is 409 g/mol. The van der Waals surface area contributed by atoms with Crippen molar-refractivity contribution < 1.29 is 24.2 Å². The van der Waals surface area contributed by atoms with E-state index in [1.54, 1.807) is 6.92 Å². The van der Waals surface area contributed by atoms with E-state index in [0.717, 1.165) is 6.42 Å². The van der Waals surface area contributed by atoms with Crippen molar-refractivity contribution >= 4 is 17.7 Å². The molecule has 0 saturated carbocycles. The first-order chi connectivity index (χ1) is 13.7. The lowest BCUT2D eigenvalue weighted by Crippen LogP contribution is -2.58. The van der Waals surface area contributed by atoms with Gasteiger partial charge in [0.15, 0.2) is 0 Å². The molecular formula is C21H35N3O5. The predicted molar refractivity (Wildman–Crippen MR) is 107 cm³/mol. The Kier molecular flexibility index (Phi) is 5.98. The van der Waals surface area contributed by atoms with Crippen LogP contribution in [-0.4, -0.2) is 70.2 Å². The van der Waals surface area contributed by atoms with Gasteiger partial charge < -0.3 is 25.4 Å². The van der Waals surface area contributed by atoms with E-state index in [4.69, 9.17) is 4.74 Å². The number of hydrogen-bond acceptors (Lipinski definition) is 5. The van der Waals surface area contributed by atoms with Gasteiger partial charge in [0.1, 0.15) is 11.6 Å². The van der Waals surface area contributed by atoms with Crippen LogP contribution >= 0.6 is 0 Å². The van der Waals surface area contributed by atoms with Crippen LogP contribution in [0.3, 0.4) is 0 Å². The van der Waals surface area contributed by atoms with Crippen molar-refractivity contribution in [1.82, 2.24) is 15.5 Å². The van der Waals surface area contributed by atoms with Crippen LogP contribution in [0.15, 0.2) is 0 Å². The first kappa shape index (κ1) is 22.0. The van der Waals surface area contributed by atoms with Crippen molar-refractivity contribution in [3.8, 4) is 0 Å². The number of carbonyl (C=O) groups is 3. The van der Waals surface area contributed by atoms with E-state index >= 15 is 0 Å². The Morgan fingerprint density at radius 2 is 1.93 bits per heavy atom. The lowest BCUT2D eigenvalue weighted by atomic mass is 9.65. The van der Waals surface area contributed by atoms with E-state index in [-0.39, 0.29) is 30.4 Å². The maximum atomic E-state index is 13.6. The molecule has 3 heterocycles. The van der Waals surface area contributed by atoms with Gasteiger partial charge >= 0.3 is 0 Å². The van der Waals surface area contributed by atoms with Gasteiger partial charge in [0.05, 0.1) is 30.1 Å². The molecule has 164 valence electrons. The average Bonchev–Trinajstić information content (AvgIpc) is 3.28. The molecule has 0 aliphatic carbocycles. The molecule has 2 unspecified atom stereocenters. The first-order valence-corrected chi connectivity index (χ1v) is 10.9. The summed E-state index contributed by atoms with van der Waals surface area (Å²) in [7, 11) is 0. The number of aliphatic hydroxyl groups is 1. The SMILES string of the molecule is CCCNC(=O)[C@@H]1[C@H]2C(=O)N([C@H](C)CO)C(C(=O)NC(C)C)C23CC[C@@]1(CC)O3. The van der Waals surface area contributed by atoms with Crippen LogP contribution in [0, 0.1) is 11.8 Å². The molecule has 3 N–H and O–H groups in total. The number of fused-ring (bicyclic) bond motifs is 1. The number of rotatable bonds is 8. The number of ether oxygens (including phenoxy) is 1. The van der Waals surface area contributed by atoms with Crippen LogP contribution < -0.4 is 10.6 Å². The zero-order valence-corrected chi connectivity index (χ0v) is 18.2.